The van der Waals surface area contributed by atoms with E-state index in [-0.39, 0.29) is 0 Å². The van der Waals surface area contributed by atoms with E-state index in [2.05, 4.69) is 114 Å². The molecular formula is C35H38OS2. The minimum Gasteiger partial charge on any atom is -0.300 e. The summed E-state index contributed by atoms with van der Waals surface area (Å²) in [6.45, 7) is 12.9. The molecule has 196 valence electrons. The van der Waals surface area contributed by atoms with E-state index in [1.807, 2.05) is 0 Å². The summed E-state index contributed by atoms with van der Waals surface area (Å²) >= 11 is 3.60. The van der Waals surface area contributed by atoms with E-state index in [0.717, 1.165) is 12.8 Å². The largest absolute Gasteiger partial charge is 0.300 e. The van der Waals surface area contributed by atoms with Crippen molar-refractivity contribution in [1.29, 1.82) is 0 Å². The van der Waals surface area contributed by atoms with Crippen LogP contribution in [0.5, 0.6) is 0 Å². The van der Waals surface area contributed by atoms with Crippen molar-refractivity contribution in [2.24, 2.45) is 0 Å². The van der Waals surface area contributed by atoms with Crippen LogP contribution in [-0.2, 0) is 17.6 Å². The van der Waals surface area contributed by atoms with Crippen molar-refractivity contribution in [2.75, 3.05) is 0 Å². The maximum atomic E-state index is 12.9. The summed E-state index contributed by atoms with van der Waals surface area (Å²) in [6.07, 6.45) is 2.84. The van der Waals surface area contributed by atoms with E-state index in [4.69, 9.17) is 0 Å². The molecule has 0 saturated carbocycles. The molecule has 0 unspecified atom stereocenters. The van der Waals surface area contributed by atoms with Crippen LogP contribution in [0.1, 0.15) is 57.3 Å². The first kappa shape index (κ1) is 28.3. The van der Waals surface area contributed by atoms with Gasteiger partial charge >= 0.3 is 0 Å². The lowest BCUT2D eigenvalue weighted by molar-refractivity contribution is -0.119. The van der Waals surface area contributed by atoms with Gasteiger partial charge in [0.25, 0.3) is 0 Å². The highest BCUT2D eigenvalue weighted by Crippen LogP contribution is 2.33. The van der Waals surface area contributed by atoms with Crippen molar-refractivity contribution in [3.8, 4) is 0 Å². The van der Waals surface area contributed by atoms with Crippen LogP contribution in [0.3, 0.4) is 0 Å². The van der Waals surface area contributed by atoms with E-state index < -0.39 is 0 Å². The van der Waals surface area contributed by atoms with Crippen molar-refractivity contribution < 1.29 is 4.79 Å². The summed E-state index contributed by atoms with van der Waals surface area (Å²) in [5.41, 5.74) is 10.3. The molecule has 0 amide bonds. The van der Waals surface area contributed by atoms with Crippen LogP contribution in [0, 0.1) is 41.5 Å². The second-order valence-corrected chi connectivity index (χ2v) is 12.7. The van der Waals surface area contributed by atoms with Gasteiger partial charge in [-0.1, -0.05) is 58.9 Å². The molecule has 0 radical (unpaired) electrons. The standard InChI is InChI=1S/C35H38OS2/c1-23-7-13-30(14-8-23)37-32-19-25(3)34(26(4)20-32)17-11-29(36)12-18-35-27(5)21-33(22-28(35)6)38-31-15-9-24(2)10-16-31/h7-10,13-16,19-22H,11-12,17-18H2,1-6H3. The Kier molecular flexibility index (Phi) is 9.57. The van der Waals surface area contributed by atoms with Gasteiger partial charge in [0, 0.05) is 32.4 Å². The predicted octanol–water partition coefficient (Wildman–Crippen LogP) is 9.97. The summed E-state index contributed by atoms with van der Waals surface area (Å²) in [4.78, 5) is 17.9. The minimum atomic E-state index is 0.346. The van der Waals surface area contributed by atoms with Crippen LogP contribution in [0.4, 0.5) is 0 Å². The zero-order valence-electron chi connectivity index (χ0n) is 23.5. The molecule has 0 heterocycles. The van der Waals surface area contributed by atoms with Crippen molar-refractivity contribution in [1.82, 2.24) is 0 Å². The van der Waals surface area contributed by atoms with Crippen molar-refractivity contribution in [3.05, 3.63) is 117 Å². The monoisotopic (exact) mass is 538 g/mol. The van der Waals surface area contributed by atoms with Crippen molar-refractivity contribution in [2.45, 2.75) is 86.8 Å². The third-order valence-electron chi connectivity index (χ3n) is 7.16. The molecule has 1 nitrogen and oxygen atoms in total. The number of rotatable bonds is 10. The zero-order valence-corrected chi connectivity index (χ0v) is 25.1. The third-order valence-corrected chi connectivity index (χ3v) is 9.12. The summed E-state index contributed by atoms with van der Waals surface area (Å²) < 4.78 is 0. The van der Waals surface area contributed by atoms with Gasteiger partial charge in [0.2, 0.25) is 0 Å². The van der Waals surface area contributed by atoms with Crippen molar-refractivity contribution in [3.63, 3.8) is 0 Å². The van der Waals surface area contributed by atoms with Crippen LogP contribution in [0.15, 0.2) is 92.4 Å². The van der Waals surface area contributed by atoms with Crippen LogP contribution < -0.4 is 0 Å². The Morgan fingerprint density at radius 2 is 0.816 bits per heavy atom. The van der Waals surface area contributed by atoms with Crippen LogP contribution >= 0.6 is 23.5 Å². The van der Waals surface area contributed by atoms with E-state index in [0.29, 0.717) is 18.6 Å². The molecule has 0 aliphatic heterocycles. The SMILES string of the molecule is Cc1ccc(Sc2cc(C)c(CCC(=O)CCc3c(C)cc(Sc4ccc(C)cc4)cc3C)c(C)c2)cc1. The first-order valence-corrected chi connectivity index (χ1v) is 15.0. The second-order valence-electron chi connectivity index (χ2n) is 10.4. The Morgan fingerprint density at radius 3 is 1.13 bits per heavy atom. The number of Topliss-reactive ketones (excluding diaryl/α,β-unsaturated/α-hetero) is 1. The van der Waals surface area contributed by atoms with Crippen molar-refractivity contribution >= 4 is 29.3 Å². The normalized spacial score (nSPS) is 11.1. The number of hydrogen-bond acceptors (Lipinski definition) is 3. The fourth-order valence-corrected chi connectivity index (χ4v) is 6.98. The third kappa shape index (κ3) is 7.65. The average Bonchev–Trinajstić information content (AvgIpc) is 2.86. The molecule has 38 heavy (non-hydrogen) atoms. The highest BCUT2D eigenvalue weighted by Gasteiger charge is 2.12. The number of benzene rings is 4. The Bertz CT molecular complexity index is 1260. The quantitative estimate of drug-likeness (QED) is 0.200. The van der Waals surface area contributed by atoms with Gasteiger partial charge in [-0.05, 0) is 136 Å². The van der Waals surface area contributed by atoms with Gasteiger partial charge in [-0.2, -0.15) is 0 Å². The van der Waals surface area contributed by atoms with E-state index >= 15 is 0 Å². The molecule has 0 atom stereocenters. The first-order chi connectivity index (χ1) is 18.2. The molecular weight excluding hydrogens is 501 g/mol. The lowest BCUT2D eigenvalue weighted by Gasteiger charge is -2.14. The second kappa shape index (κ2) is 12.9. The Morgan fingerprint density at radius 1 is 0.500 bits per heavy atom. The fourth-order valence-electron chi connectivity index (χ4n) is 4.95. The molecule has 0 N–H and O–H groups in total. The Balaban J connectivity index is 1.33. The molecule has 0 aliphatic carbocycles. The number of aryl methyl sites for hydroxylation is 6. The molecule has 0 bridgehead atoms. The van der Waals surface area contributed by atoms with Crippen LogP contribution in [0.2, 0.25) is 0 Å². The van der Waals surface area contributed by atoms with E-state index in [9.17, 15) is 4.79 Å². The molecule has 0 aliphatic rings. The summed E-state index contributed by atoms with van der Waals surface area (Å²) in [5.74, 6) is 0.346. The smallest absolute Gasteiger partial charge is 0.133 e. The molecule has 3 heteroatoms. The van der Waals surface area contributed by atoms with Gasteiger partial charge in [0.05, 0.1) is 0 Å². The van der Waals surface area contributed by atoms with Gasteiger partial charge in [-0.3, -0.25) is 4.79 Å². The number of carbonyl (C=O) groups is 1. The lowest BCUT2D eigenvalue weighted by Crippen LogP contribution is -2.06. The molecule has 4 rings (SSSR count). The maximum absolute atomic E-state index is 12.9. The van der Waals surface area contributed by atoms with Gasteiger partial charge in [0.1, 0.15) is 5.78 Å². The molecule has 0 fully saturated rings. The van der Waals surface area contributed by atoms with Gasteiger partial charge in [-0.15, -0.1) is 0 Å². The average molecular weight is 539 g/mol. The topological polar surface area (TPSA) is 17.1 Å². The van der Waals surface area contributed by atoms with Crippen LogP contribution in [-0.4, -0.2) is 5.78 Å². The molecule has 0 saturated heterocycles. The van der Waals surface area contributed by atoms with Gasteiger partial charge < -0.3 is 0 Å². The Labute approximate surface area is 237 Å². The Hall–Kier alpha value is -2.75. The highest BCUT2D eigenvalue weighted by atomic mass is 32.2. The maximum Gasteiger partial charge on any atom is 0.133 e. The van der Waals surface area contributed by atoms with Crippen LogP contribution in [0.25, 0.3) is 0 Å². The highest BCUT2D eigenvalue weighted by molar-refractivity contribution is 7.99. The molecule has 4 aromatic rings. The minimum absolute atomic E-state index is 0.346. The first-order valence-electron chi connectivity index (χ1n) is 13.4. The number of ketones is 1. The lowest BCUT2D eigenvalue weighted by atomic mass is 9.94. The summed E-state index contributed by atoms with van der Waals surface area (Å²) in [7, 11) is 0. The zero-order chi connectivity index (χ0) is 27.2. The number of carbonyl (C=O) groups excluding carboxylic acids is 1. The molecule has 0 spiro atoms. The van der Waals surface area contributed by atoms with E-state index in [1.165, 1.54) is 64.1 Å². The summed E-state index contributed by atoms with van der Waals surface area (Å²) in [5, 5.41) is 0. The molecule has 4 aromatic carbocycles. The van der Waals surface area contributed by atoms with E-state index in [1.54, 1.807) is 23.5 Å². The predicted molar refractivity (Wildman–Crippen MR) is 164 cm³/mol. The van der Waals surface area contributed by atoms with Gasteiger partial charge in [0.15, 0.2) is 0 Å². The molecule has 0 aromatic heterocycles. The number of hydrogen-bond donors (Lipinski definition) is 0. The van der Waals surface area contributed by atoms with Gasteiger partial charge in [-0.25, -0.2) is 0 Å². The fraction of sp³-hybridized carbons (Fsp3) is 0.286. The summed E-state index contributed by atoms with van der Waals surface area (Å²) in [6, 6.07) is 26.4.